The van der Waals surface area contributed by atoms with Crippen molar-refractivity contribution < 1.29 is 9.90 Å². The van der Waals surface area contributed by atoms with E-state index in [1.165, 1.54) is 0 Å². The summed E-state index contributed by atoms with van der Waals surface area (Å²) in [5.41, 5.74) is -0.105. The van der Waals surface area contributed by atoms with Gasteiger partial charge in [-0.15, -0.1) is 6.58 Å². The number of carbonyl (C=O) groups is 1. The summed E-state index contributed by atoms with van der Waals surface area (Å²) < 4.78 is 0. The van der Waals surface area contributed by atoms with Crippen molar-refractivity contribution in [1.29, 1.82) is 0 Å². The molecule has 0 radical (unpaired) electrons. The maximum absolute atomic E-state index is 12.1. The molecule has 0 aromatic carbocycles. The van der Waals surface area contributed by atoms with Crippen LogP contribution in [-0.2, 0) is 4.79 Å². The van der Waals surface area contributed by atoms with Crippen molar-refractivity contribution in [3.05, 3.63) is 24.8 Å². The minimum absolute atomic E-state index is 0.136. The first-order valence-electron chi connectivity index (χ1n) is 6.16. The van der Waals surface area contributed by atoms with E-state index in [0.717, 1.165) is 5.57 Å². The lowest BCUT2D eigenvalue weighted by atomic mass is 9.59. The van der Waals surface area contributed by atoms with Gasteiger partial charge in [0.05, 0.1) is 5.60 Å². The first-order valence-corrected chi connectivity index (χ1v) is 6.16. The molecular weight excluding hydrogens is 212 g/mol. The fraction of sp³-hybridized carbons (Fsp3) is 0.667. The van der Waals surface area contributed by atoms with Crippen molar-refractivity contribution in [2.75, 3.05) is 0 Å². The quantitative estimate of drug-likeness (QED) is 0.764. The first-order chi connectivity index (χ1) is 7.62. The summed E-state index contributed by atoms with van der Waals surface area (Å²) in [5.74, 6) is 0.0590. The standard InChI is InChI=1S/C15H24O2/c1-7-15(6)9-13(16)12(14(4,5)17)8-11(15)10(2)3/h7,11-12,17H,1-2,8-9H2,3-6H3/t11-,12-,15+/m0/s1. The van der Waals surface area contributed by atoms with Crippen molar-refractivity contribution in [3.63, 3.8) is 0 Å². The number of Topliss-reactive ketones (excluding diaryl/α,β-unsaturated/α-hetero) is 1. The Morgan fingerprint density at radius 3 is 2.47 bits per heavy atom. The number of carbonyl (C=O) groups excluding carboxylic acids is 1. The van der Waals surface area contributed by atoms with Crippen molar-refractivity contribution in [2.24, 2.45) is 17.3 Å². The fourth-order valence-corrected chi connectivity index (χ4v) is 2.92. The van der Waals surface area contributed by atoms with Gasteiger partial charge < -0.3 is 5.11 Å². The Kier molecular flexibility index (Phi) is 3.68. The zero-order chi connectivity index (χ0) is 13.4. The van der Waals surface area contributed by atoms with Crippen molar-refractivity contribution in [1.82, 2.24) is 0 Å². The second-order valence-corrected chi connectivity index (χ2v) is 6.19. The lowest BCUT2D eigenvalue weighted by Gasteiger charge is -2.45. The molecule has 0 aromatic heterocycles. The molecule has 0 saturated heterocycles. The normalized spacial score (nSPS) is 34.5. The van der Waals surface area contributed by atoms with Crippen LogP contribution >= 0.6 is 0 Å². The van der Waals surface area contributed by atoms with E-state index in [1.54, 1.807) is 13.8 Å². The van der Waals surface area contributed by atoms with Gasteiger partial charge in [0, 0.05) is 12.3 Å². The van der Waals surface area contributed by atoms with Gasteiger partial charge in [-0.2, -0.15) is 0 Å². The fourth-order valence-electron chi connectivity index (χ4n) is 2.92. The topological polar surface area (TPSA) is 37.3 Å². The number of allylic oxidation sites excluding steroid dienone is 2. The smallest absolute Gasteiger partial charge is 0.139 e. The lowest BCUT2D eigenvalue weighted by molar-refractivity contribution is -0.138. The average Bonchev–Trinajstić information content (AvgIpc) is 2.14. The number of rotatable bonds is 3. The minimum Gasteiger partial charge on any atom is -0.390 e. The van der Waals surface area contributed by atoms with Crippen molar-refractivity contribution in [3.8, 4) is 0 Å². The number of ketones is 1. The molecule has 0 spiro atoms. The van der Waals surface area contributed by atoms with Crippen LogP contribution in [0, 0.1) is 17.3 Å². The van der Waals surface area contributed by atoms with E-state index in [1.807, 2.05) is 13.0 Å². The van der Waals surface area contributed by atoms with Crippen LogP contribution < -0.4 is 0 Å². The Morgan fingerprint density at radius 1 is 1.59 bits per heavy atom. The lowest BCUT2D eigenvalue weighted by Crippen LogP contribution is -2.47. The van der Waals surface area contributed by atoms with E-state index < -0.39 is 5.60 Å². The second kappa shape index (κ2) is 4.41. The monoisotopic (exact) mass is 236 g/mol. The Bertz CT molecular complexity index is 348. The summed E-state index contributed by atoms with van der Waals surface area (Å²) in [4.78, 5) is 12.1. The molecule has 0 heterocycles. The molecule has 1 aliphatic carbocycles. The third-order valence-electron chi connectivity index (χ3n) is 4.13. The Labute approximate surface area is 104 Å². The maximum Gasteiger partial charge on any atom is 0.139 e. The van der Waals surface area contributed by atoms with Gasteiger partial charge in [0.25, 0.3) is 0 Å². The highest BCUT2D eigenvalue weighted by Gasteiger charge is 2.47. The van der Waals surface area contributed by atoms with Crippen LogP contribution in [0.15, 0.2) is 24.8 Å². The van der Waals surface area contributed by atoms with E-state index >= 15 is 0 Å². The van der Waals surface area contributed by atoms with Gasteiger partial charge in [-0.25, -0.2) is 0 Å². The summed E-state index contributed by atoms with van der Waals surface area (Å²) in [5, 5.41) is 10.1. The molecule has 1 rings (SSSR count). The van der Waals surface area contributed by atoms with E-state index in [9.17, 15) is 9.90 Å². The molecule has 2 heteroatoms. The van der Waals surface area contributed by atoms with E-state index in [0.29, 0.717) is 12.8 Å². The Morgan fingerprint density at radius 2 is 2.12 bits per heavy atom. The molecule has 0 bridgehead atoms. The van der Waals surface area contributed by atoms with Crippen molar-refractivity contribution in [2.45, 2.75) is 46.1 Å². The third kappa shape index (κ3) is 2.68. The average molecular weight is 236 g/mol. The molecule has 1 N–H and O–H groups in total. The molecule has 0 amide bonds. The van der Waals surface area contributed by atoms with Gasteiger partial charge in [0.15, 0.2) is 0 Å². The molecule has 1 fully saturated rings. The molecule has 0 aromatic rings. The predicted octanol–water partition coefficient (Wildman–Crippen LogP) is 3.12. The summed E-state index contributed by atoms with van der Waals surface area (Å²) in [6.45, 7) is 15.3. The van der Waals surface area contributed by atoms with E-state index in [-0.39, 0.29) is 23.0 Å². The Hall–Kier alpha value is -0.890. The molecule has 0 unspecified atom stereocenters. The maximum atomic E-state index is 12.1. The number of hydrogen-bond donors (Lipinski definition) is 1. The van der Waals surface area contributed by atoms with Gasteiger partial charge in [0.1, 0.15) is 5.78 Å². The molecule has 1 saturated carbocycles. The van der Waals surface area contributed by atoms with E-state index in [4.69, 9.17) is 0 Å². The largest absolute Gasteiger partial charge is 0.390 e. The number of aliphatic hydroxyl groups is 1. The van der Waals surface area contributed by atoms with Gasteiger partial charge >= 0.3 is 0 Å². The first kappa shape index (κ1) is 14.2. The molecular formula is C15H24O2. The third-order valence-corrected chi connectivity index (χ3v) is 4.13. The van der Waals surface area contributed by atoms with Crippen LogP contribution in [0.4, 0.5) is 0 Å². The number of hydrogen-bond acceptors (Lipinski definition) is 2. The zero-order valence-corrected chi connectivity index (χ0v) is 11.4. The van der Waals surface area contributed by atoms with Crippen LogP contribution in [0.2, 0.25) is 0 Å². The van der Waals surface area contributed by atoms with Crippen LogP contribution in [0.1, 0.15) is 40.5 Å². The molecule has 0 aliphatic heterocycles. The van der Waals surface area contributed by atoms with Gasteiger partial charge in [-0.05, 0) is 38.5 Å². The van der Waals surface area contributed by atoms with E-state index in [2.05, 4.69) is 20.1 Å². The molecule has 96 valence electrons. The highest BCUT2D eigenvalue weighted by Crippen LogP contribution is 2.47. The second-order valence-electron chi connectivity index (χ2n) is 6.19. The van der Waals surface area contributed by atoms with Gasteiger partial charge in [-0.1, -0.05) is 25.2 Å². The van der Waals surface area contributed by atoms with Crippen LogP contribution in [0.25, 0.3) is 0 Å². The van der Waals surface area contributed by atoms with Crippen LogP contribution in [0.3, 0.4) is 0 Å². The van der Waals surface area contributed by atoms with Gasteiger partial charge in [-0.3, -0.25) is 4.79 Å². The minimum atomic E-state index is -0.951. The highest BCUT2D eigenvalue weighted by atomic mass is 16.3. The molecule has 2 nitrogen and oxygen atoms in total. The summed E-state index contributed by atoms with van der Waals surface area (Å²) >= 11 is 0. The predicted molar refractivity (Wildman–Crippen MR) is 70.6 cm³/mol. The molecule has 1 aliphatic rings. The SMILES string of the molecule is C=C[C@]1(C)CC(=O)[C@@H](C(C)(C)O)C[C@H]1C(=C)C. The van der Waals surface area contributed by atoms with Crippen LogP contribution in [-0.4, -0.2) is 16.5 Å². The molecule has 3 atom stereocenters. The summed E-state index contributed by atoms with van der Waals surface area (Å²) in [6, 6.07) is 0. The summed E-state index contributed by atoms with van der Waals surface area (Å²) in [7, 11) is 0. The van der Waals surface area contributed by atoms with Crippen LogP contribution in [0.5, 0.6) is 0 Å². The zero-order valence-electron chi connectivity index (χ0n) is 11.4. The highest BCUT2D eigenvalue weighted by molar-refractivity contribution is 5.84. The van der Waals surface area contributed by atoms with Gasteiger partial charge in [0.2, 0.25) is 0 Å². The molecule has 17 heavy (non-hydrogen) atoms. The Balaban J connectivity index is 3.07. The van der Waals surface area contributed by atoms with Crippen molar-refractivity contribution >= 4 is 5.78 Å². The summed E-state index contributed by atoms with van der Waals surface area (Å²) in [6.07, 6.45) is 2.98.